The van der Waals surface area contributed by atoms with Crippen LogP contribution in [0.25, 0.3) is 0 Å². The summed E-state index contributed by atoms with van der Waals surface area (Å²) in [4.78, 5) is 29.8. The van der Waals surface area contributed by atoms with Gasteiger partial charge in [-0.1, -0.05) is 0 Å². The molecule has 2 aliphatic rings. The molecule has 2 fully saturated rings. The van der Waals surface area contributed by atoms with Gasteiger partial charge < -0.3 is 14.5 Å². The second-order valence-corrected chi connectivity index (χ2v) is 10.9. The Balaban J connectivity index is 1.92. The van der Waals surface area contributed by atoms with Crippen LogP contribution in [0.4, 0.5) is 0 Å². The average Bonchev–Trinajstić information content (AvgIpc) is 3.25. The zero-order valence-electron chi connectivity index (χ0n) is 18.8. The summed E-state index contributed by atoms with van der Waals surface area (Å²) in [6, 6.07) is 3.91. The van der Waals surface area contributed by atoms with E-state index in [-0.39, 0.29) is 28.0 Å². The van der Waals surface area contributed by atoms with Crippen LogP contribution in [-0.4, -0.2) is 68.4 Å². The lowest BCUT2D eigenvalue weighted by Gasteiger charge is -2.37. The summed E-state index contributed by atoms with van der Waals surface area (Å²) in [5.74, 6) is -0.162. The highest BCUT2D eigenvalue weighted by molar-refractivity contribution is 7.89. The minimum absolute atomic E-state index is 0.00121. The fourth-order valence-electron chi connectivity index (χ4n) is 4.22. The van der Waals surface area contributed by atoms with Crippen LogP contribution in [0.3, 0.4) is 0 Å². The summed E-state index contributed by atoms with van der Waals surface area (Å²) in [7, 11) is -2.52. The van der Waals surface area contributed by atoms with E-state index in [0.29, 0.717) is 13.0 Å². The predicted octanol–water partition coefficient (Wildman–Crippen LogP) is 2.39. The Morgan fingerprint density at radius 2 is 1.71 bits per heavy atom. The van der Waals surface area contributed by atoms with Gasteiger partial charge in [0.1, 0.15) is 16.7 Å². The monoisotopic (exact) mass is 451 g/mol. The normalized spacial score (nSPS) is 20.1. The van der Waals surface area contributed by atoms with Gasteiger partial charge in [0.2, 0.25) is 15.9 Å². The molecule has 31 heavy (non-hydrogen) atoms. The molecule has 1 atom stereocenters. The molecule has 1 aromatic carbocycles. The number of amides is 2. The highest BCUT2D eigenvalue weighted by Gasteiger charge is 2.36. The first kappa shape index (κ1) is 23.5. The molecule has 0 bridgehead atoms. The molecule has 1 unspecified atom stereocenters. The summed E-state index contributed by atoms with van der Waals surface area (Å²) >= 11 is 0. The van der Waals surface area contributed by atoms with Crippen LogP contribution in [0.1, 0.15) is 63.2 Å². The maximum Gasteiger partial charge on any atom is 0.254 e. The van der Waals surface area contributed by atoms with E-state index >= 15 is 0 Å². The van der Waals surface area contributed by atoms with Gasteiger partial charge in [0.05, 0.1) is 7.11 Å². The van der Waals surface area contributed by atoms with Crippen molar-refractivity contribution in [3.63, 3.8) is 0 Å². The summed E-state index contributed by atoms with van der Waals surface area (Å²) in [6.45, 7) is 7.19. The van der Waals surface area contributed by atoms with Crippen molar-refractivity contribution in [3.05, 3.63) is 23.8 Å². The molecule has 0 radical (unpaired) electrons. The van der Waals surface area contributed by atoms with Crippen LogP contribution < -0.4 is 9.46 Å². The number of likely N-dealkylation sites (tertiary alicyclic amines) is 2. The molecule has 172 valence electrons. The van der Waals surface area contributed by atoms with Gasteiger partial charge in [-0.3, -0.25) is 9.59 Å². The first-order valence-electron chi connectivity index (χ1n) is 10.9. The van der Waals surface area contributed by atoms with Crippen molar-refractivity contribution in [2.24, 2.45) is 0 Å². The van der Waals surface area contributed by atoms with E-state index in [1.165, 1.54) is 19.2 Å². The van der Waals surface area contributed by atoms with E-state index in [2.05, 4.69) is 4.72 Å². The Kier molecular flexibility index (Phi) is 6.95. The van der Waals surface area contributed by atoms with Crippen molar-refractivity contribution in [1.82, 2.24) is 14.5 Å². The highest BCUT2D eigenvalue weighted by atomic mass is 32.2. The quantitative estimate of drug-likeness (QED) is 0.742. The lowest BCUT2D eigenvalue weighted by molar-refractivity contribution is -0.136. The van der Waals surface area contributed by atoms with Gasteiger partial charge in [-0.2, -0.15) is 0 Å². The highest BCUT2D eigenvalue weighted by Crippen LogP contribution is 2.28. The Labute approximate surface area is 185 Å². The van der Waals surface area contributed by atoms with Crippen molar-refractivity contribution in [2.75, 3.05) is 26.7 Å². The molecule has 1 N–H and O–H groups in total. The van der Waals surface area contributed by atoms with Crippen molar-refractivity contribution in [1.29, 1.82) is 0 Å². The van der Waals surface area contributed by atoms with Gasteiger partial charge in [-0.25, -0.2) is 13.1 Å². The average molecular weight is 452 g/mol. The topological polar surface area (TPSA) is 96.0 Å². The lowest BCUT2D eigenvalue weighted by atomic mass is 9.99. The SMILES string of the molecule is COc1ccc(C(=O)N2CCCCC2C(=O)N2CCCC2)cc1S(=O)(=O)NC(C)(C)C. The van der Waals surface area contributed by atoms with Crippen LogP contribution >= 0.6 is 0 Å². The first-order chi connectivity index (χ1) is 14.5. The van der Waals surface area contributed by atoms with E-state index in [9.17, 15) is 18.0 Å². The molecule has 1 aromatic rings. The number of ether oxygens (including phenoxy) is 1. The third-order valence-corrected chi connectivity index (χ3v) is 7.39. The van der Waals surface area contributed by atoms with E-state index < -0.39 is 21.6 Å². The zero-order valence-corrected chi connectivity index (χ0v) is 19.6. The first-order valence-corrected chi connectivity index (χ1v) is 12.3. The second kappa shape index (κ2) is 9.16. The van der Waals surface area contributed by atoms with Crippen LogP contribution in [0, 0.1) is 0 Å². The van der Waals surface area contributed by atoms with Crippen molar-refractivity contribution in [2.45, 2.75) is 69.4 Å². The van der Waals surface area contributed by atoms with E-state index in [1.54, 1.807) is 31.7 Å². The summed E-state index contributed by atoms with van der Waals surface area (Å²) in [5, 5.41) is 0. The third-order valence-electron chi connectivity index (χ3n) is 5.61. The van der Waals surface area contributed by atoms with Gasteiger partial charge in [0, 0.05) is 30.7 Å². The molecule has 3 rings (SSSR count). The van der Waals surface area contributed by atoms with Gasteiger partial charge in [-0.15, -0.1) is 0 Å². The van der Waals surface area contributed by atoms with E-state index in [0.717, 1.165) is 38.8 Å². The molecule has 0 saturated carbocycles. The van der Waals surface area contributed by atoms with Crippen LogP contribution in [0.15, 0.2) is 23.1 Å². The van der Waals surface area contributed by atoms with Crippen molar-refractivity contribution >= 4 is 21.8 Å². The van der Waals surface area contributed by atoms with Crippen LogP contribution in [0.2, 0.25) is 0 Å². The number of rotatable bonds is 5. The predicted molar refractivity (Wildman–Crippen MR) is 118 cm³/mol. The molecule has 0 aromatic heterocycles. The Hall–Kier alpha value is -2.13. The molecule has 9 heteroatoms. The number of hydrogen-bond donors (Lipinski definition) is 1. The third kappa shape index (κ3) is 5.38. The van der Waals surface area contributed by atoms with E-state index in [4.69, 9.17) is 4.74 Å². The smallest absolute Gasteiger partial charge is 0.254 e. The minimum Gasteiger partial charge on any atom is -0.495 e. The minimum atomic E-state index is -3.91. The van der Waals surface area contributed by atoms with Crippen LogP contribution in [-0.2, 0) is 14.8 Å². The maximum absolute atomic E-state index is 13.4. The zero-order chi connectivity index (χ0) is 22.8. The Morgan fingerprint density at radius 1 is 1.06 bits per heavy atom. The second-order valence-electron chi connectivity index (χ2n) is 9.26. The molecule has 2 saturated heterocycles. The molecule has 2 heterocycles. The standard InChI is InChI=1S/C22H33N3O5S/c1-22(2,3)23-31(28,29)19-15-16(10-11-18(19)30-4)20(26)25-14-6-5-9-17(25)21(27)24-12-7-8-13-24/h10-11,15,17,23H,5-9,12-14H2,1-4H3. The van der Waals surface area contributed by atoms with Crippen molar-refractivity contribution in [3.8, 4) is 5.75 Å². The fourth-order valence-corrected chi connectivity index (χ4v) is 5.84. The molecule has 8 nitrogen and oxygen atoms in total. The summed E-state index contributed by atoms with van der Waals surface area (Å²) < 4.78 is 33.7. The van der Waals surface area contributed by atoms with E-state index in [1.807, 2.05) is 4.90 Å². The molecular formula is C22H33N3O5S. The molecular weight excluding hydrogens is 418 g/mol. The molecule has 2 aliphatic heterocycles. The largest absolute Gasteiger partial charge is 0.495 e. The number of nitrogens with zero attached hydrogens (tertiary/aromatic N) is 2. The van der Waals surface area contributed by atoms with Gasteiger partial charge in [-0.05, 0) is 71.1 Å². The number of methoxy groups -OCH3 is 1. The number of nitrogens with one attached hydrogen (secondary N) is 1. The number of sulfonamides is 1. The molecule has 0 aliphatic carbocycles. The summed E-state index contributed by atoms with van der Waals surface area (Å²) in [6.07, 6.45) is 4.34. The van der Waals surface area contributed by atoms with Crippen LogP contribution in [0.5, 0.6) is 5.75 Å². The maximum atomic E-state index is 13.4. The van der Waals surface area contributed by atoms with Gasteiger partial charge in [0.25, 0.3) is 5.91 Å². The van der Waals surface area contributed by atoms with Gasteiger partial charge in [0.15, 0.2) is 0 Å². The Morgan fingerprint density at radius 3 is 2.32 bits per heavy atom. The van der Waals surface area contributed by atoms with Gasteiger partial charge >= 0.3 is 0 Å². The molecule has 0 spiro atoms. The summed E-state index contributed by atoms with van der Waals surface area (Å²) in [5.41, 5.74) is -0.458. The lowest BCUT2D eigenvalue weighted by Crippen LogP contribution is -2.52. The Bertz CT molecular complexity index is 933. The number of carbonyl (C=O) groups is 2. The number of carbonyl (C=O) groups excluding carboxylic acids is 2. The van der Waals surface area contributed by atoms with Crippen molar-refractivity contribution < 1.29 is 22.7 Å². The number of benzene rings is 1. The fraction of sp³-hybridized carbons (Fsp3) is 0.636. The number of hydrogen-bond acceptors (Lipinski definition) is 5. The number of piperidine rings is 1. The molecule has 2 amide bonds.